The zero-order valence-electron chi connectivity index (χ0n) is 35.7. The van der Waals surface area contributed by atoms with E-state index in [1.54, 1.807) is 0 Å². The number of aryl methyl sites for hydroxylation is 2. The van der Waals surface area contributed by atoms with Gasteiger partial charge in [0.25, 0.3) is 0 Å². The van der Waals surface area contributed by atoms with Crippen LogP contribution in [0.4, 0.5) is 21.9 Å². The van der Waals surface area contributed by atoms with Crippen LogP contribution in [0.1, 0.15) is 81.2 Å². The van der Waals surface area contributed by atoms with E-state index in [1.165, 1.54) is 33.8 Å². The number of carbonyl (C=O) groups excluding carboxylic acids is 1. The summed E-state index contributed by atoms with van der Waals surface area (Å²) >= 11 is 3.06. The highest BCUT2D eigenvalue weighted by molar-refractivity contribution is 7.16. The second-order valence-corrected chi connectivity index (χ2v) is 18.9. The van der Waals surface area contributed by atoms with Crippen LogP contribution in [0, 0.1) is 25.7 Å². The summed E-state index contributed by atoms with van der Waals surface area (Å²) < 4.78 is 0. The largest absolute Gasteiger partial charge is 0.396 e. The number of rotatable bonds is 18. The maximum Gasteiger partial charge on any atom is 0.188 e. The first-order valence-corrected chi connectivity index (χ1v) is 23.7. The molecule has 4 N–H and O–H groups in total. The molecule has 2 saturated heterocycles. The number of carbonyl (C=O) groups is 1. The summed E-state index contributed by atoms with van der Waals surface area (Å²) in [5.41, 5.74) is 6.30. The molecule has 2 atom stereocenters. The lowest BCUT2D eigenvalue weighted by atomic mass is 9.85. The Kier molecular flexibility index (Phi) is 14.8. The van der Waals surface area contributed by atoms with Crippen molar-refractivity contribution in [2.45, 2.75) is 77.3 Å². The quantitative estimate of drug-likeness (QED) is 0.0659. The molecule has 2 aliphatic rings. The van der Waals surface area contributed by atoms with Gasteiger partial charge >= 0.3 is 0 Å². The Morgan fingerprint density at radius 1 is 0.629 bits per heavy atom. The zero-order valence-corrected chi connectivity index (χ0v) is 37.4. The third-order valence-electron chi connectivity index (χ3n) is 12.4. The SMILES string of the molecule is Cc1nc(Nc2ccc(C(C(=O)C(c3ccc(Nc4nc(C)c(CCO)s4)nc3)N3CCC(Cc4ccccc4)CC3)N3CCC(Cc4ccccc4)CC3)cn2)sc1CCO. The Labute approximate surface area is 373 Å². The van der Waals surface area contributed by atoms with Gasteiger partial charge in [-0.1, -0.05) is 72.8 Å². The molecular weight excluding hydrogens is 813 g/mol. The van der Waals surface area contributed by atoms with Gasteiger partial charge in [-0.2, -0.15) is 0 Å². The van der Waals surface area contributed by atoms with Gasteiger partial charge in [0.05, 0.1) is 23.5 Å². The number of likely N-dealkylation sites (tertiary alicyclic amines) is 2. The smallest absolute Gasteiger partial charge is 0.188 e. The highest BCUT2D eigenvalue weighted by atomic mass is 32.1. The van der Waals surface area contributed by atoms with Gasteiger partial charge in [0, 0.05) is 48.2 Å². The van der Waals surface area contributed by atoms with Crippen LogP contribution >= 0.6 is 22.7 Å². The number of piperidine rings is 2. The fourth-order valence-corrected chi connectivity index (χ4v) is 11.0. The first-order valence-electron chi connectivity index (χ1n) is 22.0. The van der Waals surface area contributed by atoms with Crippen LogP contribution in [0.3, 0.4) is 0 Å². The Morgan fingerprint density at radius 2 is 1.03 bits per heavy atom. The van der Waals surface area contributed by atoms with Gasteiger partial charge in [0.2, 0.25) is 0 Å². The molecule has 2 aromatic carbocycles. The minimum Gasteiger partial charge on any atom is -0.396 e. The maximum absolute atomic E-state index is 15.7. The van der Waals surface area contributed by atoms with E-state index in [-0.39, 0.29) is 19.0 Å². The number of aliphatic hydroxyl groups is 2. The topological polar surface area (TPSA) is 140 Å². The number of hydrogen-bond donors (Lipinski definition) is 4. The Hall–Kier alpha value is -4.89. The van der Waals surface area contributed by atoms with Gasteiger partial charge in [0.1, 0.15) is 11.6 Å². The van der Waals surface area contributed by atoms with Crippen LogP contribution in [0.2, 0.25) is 0 Å². The predicted molar refractivity (Wildman–Crippen MR) is 250 cm³/mol. The van der Waals surface area contributed by atoms with Gasteiger partial charge in [-0.25, -0.2) is 19.9 Å². The number of nitrogens with one attached hydrogen (secondary N) is 2. The third-order valence-corrected chi connectivity index (χ3v) is 14.7. The first-order chi connectivity index (χ1) is 30.3. The lowest BCUT2D eigenvalue weighted by Crippen LogP contribution is -2.47. The third kappa shape index (κ3) is 11.0. The zero-order chi connectivity index (χ0) is 42.8. The van der Waals surface area contributed by atoms with Gasteiger partial charge < -0.3 is 20.8 Å². The summed E-state index contributed by atoms with van der Waals surface area (Å²) in [4.78, 5) is 41.7. The average Bonchev–Trinajstić information content (AvgIpc) is 3.82. The molecule has 0 amide bonds. The molecule has 6 aromatic rings. The standard InChI is InChI=1S/C49H58N8O3S2/c1-33-41(21-27-58)61-48(52-33)54-43-15-13-39(31-50-43)45(56-23-17-37(18-24-56)29-35-9-5-3-6-10-35)47(60)46(57-25-19-38(20-26-57)30-36-11-7-4-8-12-36)40-14-16-44(51-32-40)55-49-53-34(2)42(62-49)22-28-59/h3-16,31-32,37-38,45-46,58-59H,17-30H2,1-2H3,(H,50,52,54)(H,51,53,55). The van der Waals surface area contributed by atoms with Crippen LogP contribution in [-0.4, -0.2) is 85.1 Å². The van der Waals surface area contributed by atoms with Crippen molar-refractivity contribution in [3.63, 3.8) is 0 Å². The molecule has 2 unspecified atom stereocenters. The second-order valence-electron chi connectivity index (χ2n) is 16.8. The summed E-state index contributed by atoms with van der Waals surface area (Å²) in [6, 6.07) is 28.5. The van der Waals surface area contributed by atoms with Gasteiger partial charge in [-0.05, 0) is 125 Å². The number of pyridine rings is 2. The molecule has 13 heteroatoms. The fraction of sp³-hybridized carbons (Fsp3) is 0.408. The molecule has 8 rings (SSSR count). The van der Waals surface area contributed by atoms with E-state index in [0.717, 1.165) is 107 Å². The second kappa shape index (κ2) is 21.0. The summed E-state index contributed by atoms with van der Waals surface area (Å²) in [6.45, 7) is 7.35. The van der Waals surface area contributed by atoms with E-state index >= 15 is 4.79 Å². The molecule has 2 fully saturated rings. The van der Waals surface area contributed by atoms with Crippen LogP contribution < -0.4 is 10.6 Å². The molecule has 4 aromatic heterocycles. The number of aromatic nitrogens is 4. The molecular formula is C49H58N8O3S2. The minimum absolute atomic E-state index is 0.0807. The highest BCUT2D eigenvalue weighted by Crippen LogP contribution is 2.38. The van der Waals surface area contributed by atoms with Crippen molar-refractivity contribution in [2.75, 3.05) is 50.0 Å². The first kappa shape index (κ1) is 43.7. The number of anilines is 4. The number of aliphatic hydroxyl groups excluding tert-OH is 2. The molecule has 11 nitrogen and oxygen atoms in total. The number of ketones is 1. The van der Waals surface area contributed by atoms with Crippen LogP contribution in [0.5, 0.6) is 0 Å². The number of thiazole rings is 2. The molecule has 62 heavy (non-hydrogen) atoms. The Bertz CT molecular complexity index is 2160. The molecule has 0 bridgehead atoms. The minimum atomic E-state index is -0.499. The highest BCUT2D eigenvalue weighted by Gasteiger charge is 2.40. The summed E-state index contributed by atoms with van der Waals surface area (Å²) in [5.74, 6) is 2.57. The van der Waals surface area contributed by atoms with Crippen LogP contribution in [0.15, 0.2) is 97.3 Å². The number of nitrogens with zero attached hydrogens (tertiary/aromatic N) is 6. The monoisotopic (exact) mass is 870 g/mol. The van der Waals surface area contributed by atoms with Crippen LogP contribution in [-0.2, 0) is 30.5 Å². The van der Waals surface area contributed by atoms with E-state index in [2.05, 4.69) is 103 Å². The molecule has 0 saturated carbocycles. The summed E-state index contributed by atoms with van der Waals surface area (Å²) in [7, 11) is 0. The van der Waals surface area contributed by atoms with Crippen molar-refractivity contribution < 1.29 is 15.0 Å². The average molecular weight is 871 g/mol. The van der Waals surface area contributed by atoms with Crippen molar-refractivity contribution in [2.24, 2.45) is 11.8 Å². The van der Waals surface area contributed by atoms with Gasteiger partial charge in [-0.15, -0.1) is 22.7 Å². The molecule has 0 radical (unpaired) electrons. The van der Waals surface area contributed by atoms with Crippen molar-refractivity contribution in [1.29, 1.82) is 0 Å². The fourth-order valence-electron chi connectivity index (χ4n) is 9.12. The summed E-state index contributed by atoms with van der Waals surface area (Å²) in [5, 5.41) is 27.2. The Balaban J connectivity index is 1.08. The van der Waals surface area contributed by atoms with E-state index in [1.807, 2.05) is 38.4 Å². The lowest BCUT2D eigenvalue weighted by molar-refractivity contribution is -0.131. The van der Waals surface area contributed by atoms with Crippen molar-refractivity contribution >= 4 is 50.4 Å². The van der Waals surface area contributed by atoms with Gasteiger partial charge in [-0.3, -0.25) is 14.6 Å². The lowest BCUT2D eigenvalue weighted by Gasteiger charge is -2.42. The van der Waals surface area contributed by atoms with Crippen LogP contribution in [0.25, 0.3) is 0 Å². The predicted octanol–water partition coefficient (Wildman–Crippen LogP) is 8.82. The van der Waals surface area contributed by atoms with Gasteiger partial charge in [0.15, 0.2) is 16.0 Å². The summed E-state index contributed by atoms with van der Waals surface area (Å²) in [6.07, 6.45) is 11.0. The molecule has 324 valence electrons. The van der Waals surface area contributed by atoms with E-state index in [0.29, 0.717) is 36.3 Å². The van der Waals surface area contributed by atoms with Crippen molar-refractivity contribution in [1.82, 2.24) is 29.7 Å². The number of hydrogen-bond acceptors (Lipinski definition) is 13. The molecule has 0 spiro atoms. The Morgan fingerprint density at radius 3 is 1.39 bits per heavy atom. The van der Waals surface area contributed by atoms with Crippen molar-refractivity contribution in [3.05, 3.63) is 141 Å². The number of Topliss-reactive ketones (excluding diaryl/α,β-unsaturated/α-hetero) is 1. The van der Waals surface area contributed by atoms with E-state index < -0.39 is 12.1 Å². The normalized spacial score (nSPS) is 16.6. The van der Waals surface area contributed by atoms with E-state index in [4.69, 9.17) is 9.97 Å². The number of benzene rings is 2. The molecule has 6 heterocycles. The van der Waals surface area contributed by atoms with Crippen molar-refractivity contribution in [3.8, 4) is 0 Å². The maximum atomic E-state index is 15.7. The molecule has 0 aliphatic carbocycles. The molecule has 2 aliphatic heterocycles. The van der Waals surface area contributed by atoms with E-state index in [9.17, 15) is 10.2 Å².